The fraction of sp³-hybridized carbons (Fsp3) is 0.455. The van der Waals surface area contributed by atoms with Crippen molar-refractivity contribution in [2.75, 3.05) is 18.1 Å². The Bertz CT molecular complexity index is 729. The van der Waals surface area contributed by atoms with E-state index < -0.39 is 44.0 Å². The lowest BCUT2D eigenvalue weighted by Crippen LogP contribution is -2.51. The second-order valence-electron chi connectivity index (χ2n) is 4.67. The van der Waals surface area contributed by atoms with Gasteiger partial charge in [-0.25, -0.2) is 16.8 Å². The van der Waals surface area contributed by atoms with Crippen LogP contribution in [-0.2, 0) is 24.7 Å². The smallest absolute Gasteiger partial charge is 0.305 e. The number of rotatable bonds is 4. The number of nitrogens with zero attached hydrogens (tertiary/aromatic N) is 2. The zero-order chi connectivity index (χ0) is 15.7. The zero-order valence-corrected chi connectivity index (χ0v) is 12.5. The first-order chi connectivity index (χ1) is 9.72. The number of sulfone groups is 1. The molecule has 21 heavy (non-hydrogen) atoms. The maximum absolute atomic E-state index is 12.5. The Kier molecular flexibility index (Phi) is 4.30. The number of hydrogen-bond acceptors (Lipinski definition) is 6. The molecule has 0 spiro atoms. The lowest BCUT2D eigenvalue weighted by atomic mass is 10.2. The third-order valence-corrected chi connectivity index (χ3v) is 6.76. The monoisotopic (exact) mass is 334 g/mol. The summed E-state index contributed by atoms with van der Waals surface area (Å²) in [5, 5.41) is 8.86. The summed E-state index contributed by atoms with van der Waals surface area (Å²) in [6, 6.07) is 1.68. The van der Waals surface area contributed by atoms with Crippen molar-refractivity contribution in [3.05, 3.63) is 24.5 Å². The SMILES string of the molecule is O=C(O)CC1CS(=O)(=O)CCN1S(=O)(=O)c1cccnc1. The van der Waals surface area contributed by atoms with E-state index in [0.29, 0.717) is 0 Å². The van der Waals surface area contributed by atoms with Gasteiger partial charge in [0.2, 0.25) is 10.0 Å². The van der Waals surface area contributed by atoms with Gasteiger partial charge >= 0.3 is 5.97 Å². The van der Waals surface area contributed by atoms with Gasteiger partial charge in [0.25, 0.3) is 0 Å². The fourth-order valence-electron chi connectivity index (χ4n) is 2.19. The summed E-state index contributed by atoms with van der Waals surface area (Å²) in [5.74, 6) is -2.05. The number of carboxylic acid groups (broad SMARTS) is 1. The first-order valence-corrected chi connectivity index (χ1v) is 9.32. The van der Waals surface area contributed by atoms with Crippen molar-refractivity contribution in [1.82, 2.24) is 9.29 Å². The first-order valence-electron chi connectivity index (χ1n) is 6.06. The van der Waals surface area contributed by atoms with Crippen molar-refractivity contribution in [3.63, 3.8) is 0 Å². The number of sulfonamides is 1. The van der Waals surface area contributed by atoms with Crippen molar-refractivity contribution in [2.45, 2.75) is 17.4 Å². The van der Waals surface area contributed by atoms with Gasteiger partial charge in [0.15, 0.2) is 9.84 Å². The van der Waals surface area contributed by atoms with Gasteiger partial charge in [-0.3, -0.25) is 9.78 Å². The molecule has 1 aliphatic heterocycles. The molecule has 0 bridgehead atoms. The van der Waals surface area contributed by atoms with E-state index in [1.807, 2.05) is 0 Å². The highest BCUT2D eigenvalue weighted by Gasteiger charge is 2.39. The number of hydrogen-bond donors (Lipinski definition) is 1. The van der Waals surface area contributed by atoms with Crippen LogP contribution in [0.3, 0.4) is 0 Å². The third-order valence-electron chi connectivity index (χ3n) is 3.13. The van der Waals surface area contributed by atoms with Gasteiger partial charge in [0.1, 0.15) is 4.90 Å². The first kappa shape index (κ1) is 15.9. The molecule has 1 saturated heterocycles. The lowest BCUT2D eigenvalue weighted by Gasteiger charge is -2.33. The molecule has 1 fully saturated rings. The second-order valence-corrected chi connectivity index (χ2v) is 8.79. The maximum Gasteiger partial charge on any atom is 0.305 e. The average molecular weight is 334 g/mol. The van der Waals surface area contributed by atoms with E-state index in [0.717, 1.165) is 10.5 Å². The number of aliphatic carboxylic acids is 1. The highest BCUT2D eigenvalue weighted by molar-refractivity contribution is 7.92. The Morgan fingerprint density at radius 1 is 1.48 bits per heavy atom. The van der Waals surface area contributed by atoms with Crippen LogP contribution in [0.25, 0.3) is 0 Å². The molecule has 0 aromatic carbocycles. The average Bonchev–Trinajstić information content (AvgIpc) is 2.37. The molecular weight excluding hydrogens is 320 g/mol. The van der Waals surface area contributed by atoms with Gasteiger partial charge in [-0.15, -0.1) is 0 Å². The standard InChI is InChI=1S/C11H14N2O6S2/c14-11(15)6-9-8-20(16,17)5-4-13(9)21(18,19)10-2-1-3-12-7-10/h1-3,7,9H,4-6,8H2,(H,14,15). The molecule has 1 aromatic heterocycles. The molecular formula is C11H14N2O6S2. The number of pyridine rings is 1. The van der Waals surface area contributed by atoms with E-state index in [-0.39, 0.29) is 17.2 Å². The molecule has 1 N–H and O–H groups in total. The maximum atomic E-state index is 12.5. The molecule has 1 aliphatic rings. The van der Waals surface area contributed by atoms with Gasteiger partial charge < -0.3 is 5.11 Å². The minimum Gasteiger partial charge on any atom is -0.481 e. The molecule has 116 valence electrons. The van der Waals surface area contributed by atoms with Gasteiger partial charge in [0.05, 0.1) is 17.9 Å². The predicted molar refractivity (Wildman–Crippen MR) is 72.8 cm³/mol. The van der Waals surface area contributed by atoms with E-state index >= 15 is 0 Å². The summed E-state index contributed by atoms with van der Waals surface area (Å²) < 4.78 is 49.2. The lowest BCUT2D eigenvalue weighted by molar-refractivity contribution is -0.137. The molecule has 10 heteroatoms. The molecule has 8 nitrogen and oxygen atoms in total. The van der Waals surface area contributed by atoms with Crippen molar-refractivity contribution < 1.29 is 26.7 Å². The zero-order valence-electron chi connectivity index (χ0n) is 10.9. The molecule has 0 radical (unpaired) electrons. The molecule has 2 rings (SSSR count). The van der Waals surface area contributed by atoms with Crippen LogP contribution in [0.4, 0.5) is 0 Å². The number of carboxylic acids is 1. The summed E-state index contributed by atoms with van der Waals surface area (Å²) >= 11 is 0. The normalized spacial score (nSPS) is 22.8. The molecule has 1 aromatic rings. The Balaban J connectivity index is 2.38. The van der Waals surface area contributed by atoms with E-state index in [1.54, 1.807) is 0 Å². The molecule has 1 atom stereocenters. The second kappa shape index (κ2) is 5.70. The van der Waals surface area contributed by atoms with Crippen LogP contribution in [0.2, 0.25) is 0 Å². The third kappa shape index (κ3) is 3.57. The highest BCUT2D eigenvalue weighted by Crippen LogP contribution is 2.23. The summed E-state index contributed by atoms with van der Waals surface area (Å²) in [4.78, 5) is 14.5. The number of carbonyl (C=O) groups is 1. The van der Waals surface area contributed by atoms with Crippen molar-refractivity contribution in [3.8, 4) is 0 Å². The minimum atomic E-state index is -3.96. The van der Waals surface area contributed by atoms with E-state index in [2.05, 4.69) is 4.98 Å². The Hall–Kier alpha value is -1.52. The summed E-state index contributed by atoms with van der Waals surface area (Å²) in [7, 11) is -7.40. The van der Waals surface area contributed by atoms with Gasteiger partial charge in [-0.1, -0.05) is 0 Å². The summed E-state index contributed by atoms with van der Waals surface area (Å²) in [5.41, 5.74) is 0. The highest BCUT2D eigenvalue weighted by atomic mass is 32.2. The quantitative estimate of drug-likeness (QED) is 0.776. The van der Waals surface area contributed by atoms with E-state index in [1.165, 1.54) is 18.3 Å². The minimum absolute atomic E-state index is 0.0836. The van der Waals surface area contributed by atoms with Crippen molar-refractivity contribution in [1.29, 1.82) is 0 Å². The van der Waals surface area contributed by atoms with Crippen molar-refractivity contribution in [2.24, 2.45) is 0 Å². The fourth-order valence-corrected chi connectivity index (χ4v) is 5.51. The van der Waals surface area contributed by atoms with Crippen LogP contribution in [0.15, 0.2) is 29.4 Å². The Morgan fingerprint density at radius 2 is 2.19 bits per heavy atom. The molecule has 0 amide bonds. The van der Waals surface area contributed by atoms with Crippen LogP contribution in [-0.4, -0.2) is 61.3 Å². The van der Waals surface area contributed by atoms with Gasteiger partial charge in [0, 0.05) is 25.0 Å². The van der Waals surface area contributed by atoms with Crippen LogP contribution < -0.4 is 0 Å². The summed E-state index contributed by atoms with van der Waals surface area (Å²) in [6.45, 7) is -0.252. The van der Waals surface area contributed by atoms with Crippen molar-refractivity contribution >= 4 is 25.8 Å². The van der Waals surface area contributed by atoms with Crippen LogP contribution in [0.1, 0.15) is 6.42 Å². The van der Waals surface area contributed by atoms with Crippen LogP contribution >= 0.6 is 0 Å². The van der Waals surface area contributed by atoms with Crippen LogP contribution in [0, 0.1) is 0 Å². The molecule has 2 heterocycles. The largest absolute Gasteiger partial charge is 0.481 e. The topological polar surface area (TPSA) is 122 Å². The van der Waals surface area contributed by atoms with E-state index in [9.17, 15) is 21.6 Å². The predicted octanol–water partition coefficient (Wildman–Crippen LogP) is -0.656. The van der Waals surface area contributed by atoms with Gasteiger partial charge in [-0.2, -0.15) is 4.31 Å². The van der Waals surface area contributed by atoms with Gasteiger partial charge in [-0.05, 0) is 12.1 Å². The Labute approximate surface area is 122 Å². The summed E-state index contributed by atoms with van der Waals surface area (Å²) in [6.07, 6.45) is 2.00. The molecule has 0 aliphatic carbocycles. The van der Waals surface area contributed by atoms with Crippen LogP contribution in [0.5, 0.6) is 0 Å². The number of aromatic nitrogens is 1. The van der Waals surface area contributed by atoms with E-state index in [4.69, 9.17) is 5.11 Å². The Morgan fingerprint density at radius 3 is 2.76 bits per heavy atom. The molecule has 1 unspecified atom stereocenters. The molecule has 0 saturated carbocycles.